The van der Waals surface area contributed by atoms with Crippen LogP contribution < -0.4 is 4.74 Å². The second kappa shape index (κ2) is 7.52. The molecule has 1 aromatic heterocycles. The highest BCUT2D eigenvalue weighted by Crippen LogP contribution is 2.31. The summed E-state index contributed by atoms with van der Waals surface area (Å²) in [7, 11) is 3.47. The number of fused-ring (bicyclic) bond motifs is 4. The van der Waals surface area contributed by atoms with Crippen LogP contribution in [0.3, 0.4) is 0 Å². The van der Waals surface area contributed by atoms with Gasteiger partial charge in [0, 0.05) is 45.5 Å². The van der Waals surface area contributed by atoms with Crippen molar-refractivity contribution in [1.82, 2.24) is 19.6 Å². The largest absolute Gasteiger partial charge is 0.497 e. The van der Waals surface area contributed by atoms with Crippen LogP contribution in [0.2, 0.25) is 5.02 Å². The van der Waals surface area contributed by atoms with Gasteiger partial charge < -0.3 is 9.64 Å². The fraction of sp³-hybridized carbons (Fsp3) is 0.500. The van der Waals surface area contributed by atoms with Crippen molar-refractivity contribution in [2.45, 2.75) is 25.4 Å². The van der Waals surface area contributed by atoms with Gasteiger partial charge in [-0.3, -0.25) is 14.4 Å². The molecule has 1 aromatic carbocycles. The Bertz CT molecular complexity index is 820. The molecule has 0 saturated carbocycles. The Kier molecular flexibility index (Phi) is 5.10. The Labute approximate surface area is 164 Å². The molecule has 0 N–H and O–H groups in total. The summed E-state index contributed by atoms with van der Waals surface area (Å²) in [6.45, 7) is 3.58. The molecule has 0 radical (unpaired) electrons. The van der Waals surface area contributed by atoms with Crippen LogP contribution in [0.25, 0.3) is 0 Å². The lowest BCUT2D eigenvalue weighted by Crippen LogP contribution is -2.47. The first-order valence-corrected chi connectivity index (χ1v) is 9.76. The molecule has 3 aliphatic heterocycles. The van der Waals surface area contributed by atoms with E-state index >= 15 is 0 Å². The molecule has 3 fully saturated rings. The number of ether oxygens (including phenoxy) is 1. The summed E-state index contributed by atoms with van der Waals surface area (Å²) in [5, 5.41) is 4.70. The first-order valence-electron chi connectivity index (χ1n) is 9.39. The molecule has 2 atom stereocenters. The molecule has 2 aromatic rings. The summed E-state index contributed by atoms with van der Waals surface area (Å²) >= 11 is 6.21. The minimum Gasteiger partial charge on any atom is -0.497 e. The number of carbonyl (C=O) groups excluding carboxylic acids is 1. The fourth-order valence-corrected chi connectivity index (χ4v) is 4.55. The van der Waals surface area contributed by atoms with E-state index in [2.05, 4.69) is 22.1 Å². The number of carbonyl (C=O) groups is 1. The number of hydrogen-bond donors (Lipinski definition) is 0. The number of hydrogen-bond acceptors (Lipinski definition) is 4. The van der Waals surface area contributed by atoms with Gasteiger partial charge in [0.15, 0.2) is 5.69 Å². The van der Waals surface area contributed by atoms with E-state index in [1.807, 2.05) is 17.0 Å². The van der Waals surface area contributed by atoms with Crippen LogP contribution in [0, 0.1) is 5.92 Å². The predicted octanol–water partition coefficient (Wildman–Crippen LogP) is 2.82. The van der Waals surface area contributed by atoms with Crippen LogP contribution in [0.1, 0.15) is 28.9 Å². The van der Waals surface area contributed by atoms with E-state index in [9.17, 15) is 4.79 Å². The number of amides is 1. The standard InChI is InChI=1S/C20H25ClN4O2/c1-23-13-18(21)19(22-23)20(26)25-11-15-3-6-16(25)12-24(10-15)9-14-4-7-17(27-2)8-5-14/h4-5,7-8,13,15-16H,3,6,9-12H2,1-2H3. The van der Waals surface area contributed by atoms with Crippen LogP contribution in [-0.2, 0) is 13.6 Å². The second-order valence-electron chi connectivity index (χ2n) is 7.60. The van der Waals surface area contributed by atoms with Crippen LogP contribution in [-0.4, -0.2) is 58.3 Å². The van der Waals surface area contributed by atoms with Crippen LogP contribution in [0.15, 0.2) is 30.5 Å². The average molecular weight is 389 g/mol. The summed E-state index contributed by atoms with van der Waals surface area (Å²) in [6.07, 6.45) is 3.89. The average Bonchev–Trinajstić information content (AvgIpc) is 2.83. The molecule has 0 aliphatic carbocycles. The Balaban J connectivity index is 1.48. The number of rotatable bonds is 4. The monoisotopic (exact) mass is 388 g/mol. The maximum Gasteiger partial charge on any atom is 0.276 e. The van der Waals surface area contributed by atoms with Crippen molar-refractivity contribution >= 4 is 17.5 Å². The fourth-order valence-electron chi connectivity index (χ4n) is 4.29. The highest BCUT2D eigenvalue weighted by Gasteiger charge is 2.38. The van der Waals surface area contributed by atoms with Gasteiger partial charge in [-0.05, 0) is 36.5 Å². The third-order valence-corrected chi connectivity index (χ3v) is 5.88. The molecule has 4 heterocycles. The van der Waals surface area contributed by atoms with Crippen LogP contribution >= 0.6 is 11.6 Å². The van der Waals surface area contributed by atoms with Crippen molar-refractivity contribution < 1.29 is 9.53 Å². The highest BCUT2D eigenvalue weighted by molar-refractivity contribution is 6.33. The molecule has 27 heavy (non-hydrogen) atoms. The van der Waals surface area contributed by atoms with Gasteiger partial charge in [0.2, 0.25) is 0 Å². The molecule has 2 unspecified atom stereocenters. The summed E-state index contributed by atoms with van der Waals surface area (Å²) in [5.74, 6) is 1.33. The Morgan fingerprint density at radius 1 is 1.22 bits per heavy atom. The summed E-state index contributed by atoms with van der Waals surface area (Å²) in [5.41, 5.74) is 1.64. The smallest absolute Gasteiger partial charge is 0.276 e. The van der Waals surface area contributed by atoms with E-state index < -0.39 is 0 Å². The van der Waals surface area contributed by atoms with Crippen LogP contribution in [0.4, 0.5) is 0 Å². The quantitative estimate of drug-likeness (QED) is 0.808. The SMILES string of the molecule is COc1ccc(CN2CC3CCC(C2)N(C(=O)c2nn(C)cc2Cl)C3)cc1. The number of aromatic nitrogens is 2. The maximum absolute atomic E-state index is 13.0. The molecule has 3 aliphatic rings. The van der Waals surface area contributed by atoms with Crippen molar-refractivity contribution in [3.63, 3.8) is 0 Å². The number of piperidine rings is 1. The summed E-state index contributed by atoms with van der Waals surface area (Å²) in [6, 6.07) is 8.44. The molecular weight excluding hydrogens is 364 g/mol. The van der Waals surface area contributed by atoms with Crippen molar-refractivity contribution in [2.24, 2.45) is 13.0 Å². The summed E-state index contributed by atoms with van der Waals surface area (Å²) < 4.78 is 6.84. The van der Waals surface area contributed by atoms with Crippen LogP contribution in [0.5, 0.6) is 5.75 Å². The normalized spacial score (nSPS) is 22.7. The van der Waals surface area contributed by atoms with Crippen molar-refractivity contribution in [3.8, 4) is 5.75 Å². The lowest BCUT2D eigenvalue weighted by molar-refractivity contribution is 0.0578. The van der Waals surface area contributed by atoms with Gasteiger partial charge in [-0.1, -0.05) is 23.7 Å². The van der Waals surface area contributed by atoms with Gasteiger partial charge >= 0.3 is 0 Å². The van der Waals surface area contributed by atoms with E-state index in [0.29, 0.717) is 16.6 Å². The van der Waals surface area contributed by atoms with Gasteiger partial charge in [-0.2, -0.15) is 5.10 Å². The summed E-state index contributed by atoms with van der Waals surface area (Å²) in [4.78, 5) is 17.5. The van der Waals surface area contributed by atoms with E-state index in [4.69, 9.17) is 16.3 Å². The van der Waals surface area contributed by atoms with Gasteiger partial charge in [-0.25, -0.2) is 0 Å². The number of aryl methyl sites for hydroxylation is 1. The zero-order chi connectivity index (χ0) is 19.0. The molecular formula is C20H25ClN4O2. The second-order valence-corrected chi connectivity index (χ2v) is 8.00. The number of nitrogens with zero attached hydrogens (tertiary/aromatic N) is 4. The zero-order valence-electron chi connectivity index (χ0n) is 15.8. The Hall–Kier alpha value is -2.05. The zero-order valence-corrected chi connectivity index (χ0v) is 16.5. The third-order valence-electron chi connectivity index (χ3n) is 5.60. The van der Waals surface area contributed by atoms with E-state index in [1.165, 1.54) is 12.0 Å². The van der Waals surface area contributed by atoms with Gasteiger partial charge in [0.25, 0.3) is 5.91 Å². The molecule has 2 bridgehead atoms. The van der Waals surface area contributed by atoms with Gasteiger partial charge in [0.05, 0.1) is 12.1 Å². The Morgan fingerprint density at radius 3 is 2.67 bits per heavy atom. The van der Waals surface area contributed by atoms with Crippen molar-refractivity contribution in [3.05, 3.63) is 46.7 Å². The highest BCUT2D eigenvalue weighted by atomic mass is 35.5. The molecule has 0 spiro atoms. The molecule has 7 heteroatoms. The van der Waals surface area contributed by atoms with Gasteiger partial charge in [0.1, 0.15) is 5.75 Å². The molecule has 1 amide bonds. The number of methoxy groups -OCH3 is 1. The topological polar surface area (TPSA) is 50.6 Å². The number of benzene rings is 1. The third kappa shape index (κ3) is 3.82. The first kappa shape index (κ1) is 18.3. The van der Waals surface area contributed by atoms with Crippen molar-refractivity contribution in [2.75, 3.05) is 26.7 Å². The minimum atomic E-state index is -0.0402. The first-order chi connectivity index (χ1) is 13.0. The molecule has 5 rings (SSSR count). The molecule has 144 valence electrons. The predicted molar refractivity (Wildman–Crippen MR) is 104 cm³/mol. The lowest BCUT2D eigenvalue weighted by atomic mass is 9.94. The van der Waals surface area contributed by atoms with E-state index in [0.717, 1.165) is 38.3 Å². The Morgan fingerprint density at radius 2 is 2.00 bits per heavy atom. The van der Waals surface area contributed by atoms with Crippen molar-refractivity contribution in [1.29, 1.82) is 0 Å². The molecule has 6 nitrogen and oxygen atoms in total. The van der Waals surface area contributed by atoms with E-state index in [1.54, 1.807) is 25.0 Å². The minimum absolute atomic E-state index is 0.0402. The number of halogens is 1. The maximum atomic E-state index is 13.0. The lowest BCUT2D eigenvalue weighted by Gasteiger charge is -2.35. The molecule has 3 saturated heterocycles. The van der Waals surface area contributed by atoms with Gasteiger partial charge in [-0.15, -0.1) is 0 Å². The van der Waals surface area contributed by atoms with E-state index in [-0.39, 0.29) is 11.9 Å².